The molecule has 0 unspecified atom stereocenters. The summed E-state index contributed by atoms with van der Waals surface area (Å²) < 4.78 is 5.36. The Bertz CT molecular complexity index is 2760. The van der Waals surface area contributed by atoms with Gasteiger partial charge in [0.05, 0.1) is 11.0 Å². The zero-order valence-electron chi connectivity index (χ0n) is 30.4. The van der Waals surface area contributed by atoms with E-state index in [-0.39, 0.29) is 23.1 Å². The van der Waals surface area contributed by atoms with Crippen molar-refractivity contribution >= 4 is 61.4 Å². The van der Waals surface area contributed by atoms with E-state index < -0.39 is 0 Å². The minimum atomic E-state index is -0.150. The zero-order chi connectivity index (χ0) is 34.5. The maximum Gasteiger partial charge on any atom is 0.332 e. The zero-order valence-corrected chi connectivity index (χ0v) is 30.4. The fourth-order valence-corrected chi connectivity index (χ4v) is 9.74. The van der Waals surface area contributed by atoms with Gasteiger partial charge in [-0.3, -0.25) is 0 Å². The van der Waals surface area contributed by atoms with Gasteiger partial charge in [-0.15, -0.1) is 0 Å². The van der Waals surface area contributed by atoms with E-state index in [2.05, 4.69) is 180 Å². The summed E-state index contributed by atoms with van der Waals surface area (Å²) in [4.78, 5) is 0. The lowest BCUT2D eigenvalue weighted by atomic mass is 9.46. The van der Waals surface area contributed by atoms with E-state index in [0.717, 1.165) is 0 Å². The van der Waals surface area contributed by atoms with Crippen LogP contribution < -0.4 is 10.9 Å². The minimum absolute atomic E-state index is 0.0172. The van der Waals surface area contributed by atoms with E-state index >= 15 is 0 Å². The first-order chi connectivity index (χ1) is 23.9. The van der Waals surface area contributed by atoms with Gasteiger partial charge >= 0.3 is 6.85 Å². The molecule has 8 aromatic rings. The summed E-state index contributed by atoms with van der Waals surface area (Å²) in [6, 6.07) is 44.2. The molecule has 2 aliphatic rings. The van der Waals surface area contributed by atoms with Crippen LogP contribution >= 0.6 is 0 Å². The van der Waals surface area contributed by atoms with Crippen molar-refractivity contribution < 1.29 is 0 Å². The summed E-state index contributed by atoms with van der Waals surface area (Å²) in [6.07, 6.45) is 0. The standard InChI is InChI=1S/C47H43BN2/c1-45(2,3)28-21-22-31-34-25-26-36(46(4,5)6)42-44(34)49(40(31)27-28)39-20-14-12-18-37(39)48(42)50-38-19-13-10-16-30(38)33-24-23-32-29-15-9-11-17-35(29)47(7,8)41(32)43(33)50/h9-27H,1-8H3. The molecule has 0 saturated heterocycles. The lowest BCUT2D eigenvalue weighted by Gasteiger charge is -2.34. The van der Waals surface area contributed by atoms with Crippen molar-refractivity contribution in [1.82, 2.24) is 9.05 Å². The summed E-state index contributed by atoms with van der Waals surface area (Å²) in [6.45, 7) is 19.0. The third kappa shape index (κ3) is 3.71. The summed E-state index contributed by atoms with van der Waals surface area (Å²) in [7, 11) is 0. The quantitative estimate of drug-likeness (QED) is 0.157. The molecule has 2 aromatic heterocycles. The number of hydrogen-bond acceptors (Lipinski definition) is 0. The first-order valence-electron chi connectivity index (χ1n) is 18.2. The van der Waals surface area contributed by atoms with Crippen LogP contribution in [0.3, 0.4) is 0 Å². The Balaban J connectivity index is 1.43. The molecule has 0 bridgehead atoms. The highest BCUT2D eigenvalue weighted by atomic mass is 15.0. The van der Waals surface area contributed by atoms with Gasteiger partial charge < -0.3 is 9.05 Å². The van der Waals surface area contributed by atoms with Crippen LogP contribution in [-0.2, 0) is 16.2 Å². The average molecular weight is 647 g/mol. The SMILES string of the molecule is CC(C)(C)c1ccc2c3ccc(C(C)(C)C)c4c3n(c2c1)-c1ccccc1B4n1c2ccccc2c2ccc3c(c21)C(C)(C)c1ccccc1-3. The smallest absolute Gasteiger partial charge is 0.332 e. The van der Waals surface area contributed by atoms with E-state index in [4.69, 9.17) is 0 Å². The lowest BCUT2D eigenvalue weighted by molar-refractivity contribution is 0.591. The normalized spacial score (nSPS) is 14.9. The average Bonchev–Trinajstić information content (AvgIpc) is 3.68. The Kier molecular flexibility index (Phi) is 5.74. The maximum absolute atomic E-state index is 2.75. The fraction of sp³-hybridized carbons (Fsp3) is 0.234. The third-order valence-corrected chi connectivity index (χ3v) is 12.0. The largest absolute Gasteiger partial charge is 0.376 e. The van der Waals surface area contributed by atoms with Crippen LogP contribution in [-0.4, -0.2) is 15.9 Å². The summed E-state index contributed by atoms with van der Waals surface area (Å²) in [5.74, 6) is 0. The highest BCUT2D eigenvalue weighted by Crippen LogP contribution is 2.53. The molecule has 3 heteroatoms. The van der Waals surface area contributed by atoms with Crippen molar-refractivity contribution in [2.24, 2.45) is 0 Å². The van der Waals surface area contributed by atoms with Crippen molar-refractivity contribution in [1.29, 1.82) is 0 Å². The molecule has 2 nitrogen and oxygen atoms in total. The molecule has 6 aromatic carbocycles. The van der Waals surface area contributed by atoms with Crippen molar-refractivity contribution in [3.63, 3.8) is 0 Å². The van der Waals surface area contributed by atoms with Crippen molar-refractivity contribution in [3.8, 4) is 16.8 Å². The predicted molar refractivity (Wildman–Crippen MR) is 216 cm³/mol. The first-order valence-corrected chi connectivity index (χ1v) is 18.2. The van der Waals surface area contributed by atoms with Crippen molar-refractivity contribution in [3.05, 3.63) is 138 Å². The summed E-state index contributed by atoms with van der Waals surface area (Å²) >= 11 is 0. The molecule has 0 radical (unpaired) electrons. The number of rotatable bonds is 1. The van der Waals surface area contributed by atoms with Crippen molar-refractivity contribution in [2.45, 2.75) is 71.6 Å². The van der Waals surface area contributed by atoms with Crippen LogP contribution in [0.5, 0.6) is 0 Å². The molecule has 0 fully saturated rings. The Labute approximate surface area is 295 Å². The molecule has 0 saturated carbocycles. The maximum atomic E-state index is 2.75. The Morgan fingerprint density at radius 1 is 0.560 bits per heavy atom. The Hall–Kier alpha value is -5.02. The topological polar surface area (TPSA) is 9.86 Å². The predicted octanol–water partition coefficient (Wildman–Crippen LogP) is 10.8. The lowest BCUT2D eigenvalue weighted by Crippen LogP contribution is -2.55. The first kappa shape index (κ1) is 29.9. The molecule has 10 rings (SSSR count). The van der Waals surface area contributed by atoms with Gasteiger partial charge in [-0.25, -0.2) is 0 Å². The minimum Gasteiger partial charge on any atom is -0.376 e. The van der Waals surface area contributed by atoms with Gasteiger partial charge in [-0.1, -0.05) is 152 Å². The van der Waals surface area contributed by atoms with Crippen LogP contribution in [0, 0.1) is 0 Å². The van der Waals surface area contributed by atoms with Gasteiger partial charge in [0.1, 0.15) is 0 Å². The number of fused-ring (bicyclic) bond motifs is 12. The highest BCUT2D eigenvalue weighted by Gasteiger charge is 2.43. The monoisotopic (exact) mass is 646 g/mol. The van der Waals surface area contributed by atoms with Gasteiger partial charge in [0.15, 0.2) is 0 Å². The molecule has 50 heavy (non-hydrogen) atoms. The van der Waals surface area contributed by atoms with Crippen LogP contribution in [0.25, 0.3) is 60.4 Å². The van der Waals surface area contributed by atoms with Gasteiger partial charge in [0.25, 0.3) is 0 Å². The summed E-state index contributed by atoms with van der Waals surface area (Å²) in [5, 5.41) is 5.31. The Morgan fingerprint density at radius 2 is 1.22 bits per heavy atom. The number of aromatic nitrogens is 2. The second-order valence-electron chi connectivity index (χ2n) is 17.4. The molecule has 3 heterocycles. The van der Waals surface area contributed by atoms with Crippen LogP contribution in [0.1, 0.15) is 77.6 Å². The van der Waals surface area contributed by atoms with E-state index in [0.29, 0.717) is 0 Å². The van der Waals surface area contributed by atoms with Gasteiger partial charge in [0, 0.05) is 43.7 Å². The summed E-state index contributed by atoms with van der Waals surface area (Å²) in [5.41, 5.74) is 17.5. The van der Waals surface area contributed by atoms with Crippen LogP contribution in [0.15, 0.2) is 115 Å². The third-order valence-electron chi connectivity index (χ3n) is 12.0. The van der Waals surface area contributed by atoms with Crippen LogP contribution in [0.2, 0.25) is 0 Å². The number of hydrogen-bond donors (Lipinski definition) is 0. The molecule has 0 N–H and O–H groups in total. The number of nitrogens with zero attached hydrogens (tertiary/aromatic N) is 2. The molecule has 1 aliphatic heterocycles. The molecular weight excluding hydrogens is 603 g/mol. The van der Waals surface area contributed by atoms with E-state index in [1.165, 1.54) is 93.6 Å². The fourth-order valence-electron chi connectivity index (χ4n) is 9.74. The van der Waals surface area contributed by atoms with Gasteiger partial charge in [-0.2, -0.15) is 0 Å². The molecule has 0 spiro atoms. The highest BCUT2D eigenvalue weighted by molar-refractivity contribution is 6.88. The van der Waals surface area contributed by atoms with E-state index in [1.807, 2.05) is 0 Å². The molecule has 244 valence electrons. The number of benzene rings is 6. The second kappa shape index (κ2) is 9.61. The van der Waals surface area contributed by atoms with Gasteiger partial charge in [0.2, 0.25) is 0 Å². The van der Waals surface area contributed by atoms with E-state index in [1.54, 1.807) is 0 Å². The second-order valence-corrected chi connectivity index (χ2v) is 17.4. The molecular formula is C47H43BN2. The Morgan fingerprint density at radius 3 is 2.02 bits per heavy atom. The van der Waals surface area contributed by atoms with Crippen LogP contribution in [0.4, 0.5) is 0 Å². The van der Waals surface area contributed by atoms with Gasteiger partial charge in [-0.05, 0) is 73.3 Å². The van der Waals surface area contributed by atoms with E-state index in [9.17, 15) is 0 Å². The molecule has 0 amide bonds. The van der Waals surface area contributed by atoms with Crippen molar-refractivity contribution in [2.75, 3.05) is 0 Å². The number of para-hydroxylation sites is 2. The molecule has 0 atom stereocenters. The molecule has 1 aliphatic carbocycles.